The third-order valence-corrected chi connectivity index (χ3v) is 1.55. The summed E-state index contributed by atoms with van der Waals surface area (Å²) in [7, 11) is -4.43. The van der Waals surface area contributed by atoms with E-state index in [1.165, 1.54) is 6.08 Å². The Bertz CT molecular complexity index is 188. The highest BCUT2D eigenvalue weighted by Gasteiger charge is 2.14. The fourth-order valence-corrected chi connectivity index (χ4v) is 0.878. The van der Waals surface area contributed by atoms with Crippen LogP contribution < -0.4 is 0 Å². The lowest BCUT2D eigenvalue weighted by Gasteiger charge is -2.10. The van der Waals surface area contributed by atoms with E-state index < -0.39 is 14.1 Å². The van der Waals surface area contributed by atoms with Gasteiger partial charge in [-0.3, -0.25) is 4.52 Å². The zero-order chi connectivity index (χ0) is 10.3. The van der Waals surface area contributed by atoms with E-state index in [0.29, 0.717) is 0 Å². The molecule has 13 heavy (non-hydrogen) atoms. The molecule has 0 aliphatic carbocycles. The maximum Gasteiger partial charge on any atom is 0.469 e. The average Bonchev–Trinajstić information content (AvgIpc) is 1.98. The number of phosphoric ester groups is 1. The largest absolute Gasteiger partial charge is 0.469 e. The summed E-state index contributed by atoms with van der Waals surface area (Å²) in [4.78, 5) is 16.5. The van der Waals surface area contributed by atoms with Crippen LogP contribution in [0.25, 0.3) is 0 Å². The van der Waals surface area contributed by atoms with Crippen LogP contribution in [0.5, 0.6) is 0 Å². The van der Waals surface area contributed by atoms with Gasteiger partial charge >= 0.3 is 7.82 Å². The Kier molecular flexibility index (Phi) is 6.15. The van der Waals surface area contributed by atoms with Gasteiger partial charge in [0.15, 0.2) is 6.29 Å². The molecule has 0 amide bonds. The maximum atomic E-state index is 10.2. The van der Waals surface area contributed by atoms with Gasteiger partial charge in [0.25, 0.3) is 0 Å². The first-order chi connectivity index (χ1) is 5.95. The average molecular weight is 212 g/mol. The molecule has 0 saturated heterocycles. The smallest absolute Gasteiger partial charge is 0.368 e. The molecule has 3 N–H and O–H groups in total. The van der Waals surface area contributed by atoms with E-state index in [1.807, 2.05) is 0 Å². The molecule has 0 heterocycles. The molecule has 0 saturated carbocycles. The highest BCUT2D eigenvalue weighted by Crippen LogP contribution is 2.35. The topological polar surface area (TPSA) is 96.2 Å². The zero-order valence-corrected chi connectivity index (χ0v) is 7.89. The molecule has 0 aromatic carbocycles. The first kappa shape index (κ1) is 12.8. The lowest BCUT2D eigenvalue weighted by atomic mass is 10.4. The third-order valence-electron chi connectivity index (χ3n) is 1.03. The van der Waals surface area contributed by atoms with Crippen molar-refractivity contribution < 1.29 is 28.7 Å². The van der Waals surface area contributed by atoms with Gasteiger partial charge < -0.3 is 19.6 Å². The number of phosphoric acid groups is 1. The van der Waals surface area contributed by atoms with Crippen LogP contribution in [0.4, 0.5) is 0 Å². The van der Waals surface area contributed by atoms with E-state index in [-0.39, 0.29) is 19.6 Å². The van der Waals surface area contributed by atoms with Gasteiger partial charge in [-0.15, -0.1) is 6.58 Å². The standard InChI is InChI=1S/C6H13O6P/c1-2-4-11-6(7)3-5-12-13(8,9)10/h2,6-7H,1,3-5H2,(H2,8,9,10). The number of hydrogen-bond acceptors (Lipinski definition) is 4. The van der Waals surface area contributed by atoms with E-state index in [4.69, 9.17) is 19.6 Å². The van der Waals surface area contributed by atoms with Crippen LogP contribution in [-0.2, 0) is 13.8 Å². The van der Waals surface area contributed by atoms with E-state index in [9.17, 15) is 4.57 Å². The molecule has 7 heteroatoms. The second-order valence-electron chi connectivity index (χ2n) is 2.19. The minimum absolute atomic E-state index is 0.00104. The van der Waals surface area contributed by atoms with Crippen LogP contribution in [0, 0.1) is 0 Å². The molecule has 0 rings (SSSR count). The summed E-state index contributed by atoms with van der Waals surface area (Å²) in [6.45, 7) is 3.28. The van der Waals surface area contributed by atoms with Gasteiger partial charge in [-0.2, -0.15) is 0 Å². The summed E-state index contributed by atoms with van der Waals surface area (Å²) in [6, 6.07) is 0. The molecule has 0 aromatic heterocycles. The van der Waals surface area contributed by atoms with Crippen LogP contribution in [-0.4, -0.2) is 34.4 Å². The molecule has 0 spiro atoms. The Morgan fingerprint density at radius 1 is 1.54 bits per heavy atom. The lowest BCUT2D eigenvalue weighted by molar-refractivity contribution is -0.0982. The molecule has 0 aromatic rings. The van der Waals surface area contributed by atoms with Crippen molar-refractivity contribution in [1.29, 1.82) is 0 Å². The first-order valence-corrected chi connectivity index (χ1v) is 5.09. The Morgan fingerprint density at radius 2 is 2.15 bits per heavy atom. The maximum absolute atomic E-state index is 10.2. The summed E-state index contributed by atoms with van der Waals surface area (Å²) in [6.07, 6.45) is 0.357. The van der Waals surface area contributed by atoms with Gasteiger partial charge in [0, 0.05) is 6.42 Å². The summed E-state index contributed by atoms with van der Waals surface area (Å²) in [5.41, 5.74) is 0. The molecule has 0 aliphatic heterocycles. The summed E-state index contributed by atoms with van der Waals surface area (Å²) in [5, 5.41) is 8.97. The molecular weight excluding hydrogens is 199 g/mol. The quantitative estimate of drug-likeness (QED) is 0.312. The summed E-state index contributed by atoms with van der Waals surface area (Å²) < 4.78 is 19.0. The van der Waals surface area contributed by atoms with Crippen LogP contribution in [0.15, 0.2) is 12.7 Å². The molecule has 1 atom stereocenters. The van der Waals surface area contributed by atoms with Crippen molar-refractivity contribution in [1.82, 2.24) is 0 Å². The van der Waals surface area contributed by atoms with Crippen molar-refractivity contribution in [3.63, 3.8) is 0 Å². The number of aliphatic hydroxyl groups excluding tert-OH is 1. The molecule has 1 unspecified atom stereocenters. The Hall–Kier alpha value is -0.230. The predicted molar refractivity (Wildman–Crippen MR) is 44.8 cm³/mol. The van der Waals surface area contributed by atoms with Gasteiger partial charge in [0.05, 0.1) is 13.2 Å². The van der Waals surface area contributed by atoms with Gasteiger partial charge in [-0.05, 0) is 0 Å². The second kappa shape index (κ2) is 6.26. The fraction of sp³-hybridized carbons (Fsp3) is 0.667. The van der Waals surface area contributed by atoms with Crippen molar-refractivity contribution in [3.8, 4) is 0 Å². The number of ether oxygens (including phenoxy) is 1. The van der Waals surface area contributed by atoms with Crippen LogP contribution in [0.3, 0.4) is 0 Å². The molecule has 6 nitrogen and oxygen atoms in total. The second-order valence-corrected chi connectivity index (χ2v) is 3.43. The van der Waals surface area contributed by atoms with Crippen molar-refractivity contribution in [2.75, 3.05) is 13.2 Å². The normalized spacial score (nSPS) is 14.1. The number of aliphatic hydroxyl groups is 1. The van der Waals surface area contributed by atoms with Crippen molar-refractivity contribution >= 4 is 7.82 Å². The number of rotatable bonds is 7. The van der Waals surface area contributed by atoms with E-state index in [2.05, 4.69) is 11.1 Å². The fourth-order valence-electron chi connectivity index (χ4n) is 0.535. The summed E-state index contributed by atoms with van der Waals surface area (Å²) >= 11 is 0. The van der Waals surface area contributed by atoms with Gasteiger partial charge in [0.2, 0.25) is 0 Å². The monoisotopic (exact) mass is 212 g/mol. The molecule has 0 radical (unpaired) electrons. The highest BCUT2D eigenvalue weighted by atomic mass is 31.2. The molecule has 0 fully saturated rings. The zero-order valence-electron chi connectivity index (χ0n) is 7.00. The van der Waals surface area contributed by atoms with E-state index >= 15 is 0 Å². The van der Waals surface area contributed by atoms with Gasteiger partial charge in [-0.1, -0.05) is 6.08 Å². The van der Waals surface area contributed by atoms with E-state index in [0.717, 1.165) is 0 Å². The molecule has 0 bridgehead atoms. The Labute approximate surface area is 76.0 Å². The SMILES string of the molecule is C=CCOC(O)CCOP(=O)(O)O. The van der Waals surface area contributed by atoms with Gasteiger partial charge in [0.1, 0.15) is 0 Å². The van der Waals surface area contributed by atoms with Crippen LogP contribution in [0.1, 0.15) is 6.42 Å². The van der Waals surface area contributed by atoms with E-state index in [1.54, 1.807) is 0 Å². The highest BCUT2D eigenvalue weighted by molar-refractivity contribution is 7.46. The minimum atomic E-state index is -4.43. The third kappa shape index (κ3) is 9.69. The number of hydrogen-bond donors (Lipinski definition) is 3. The van der Waals surface area contributed by atoms with Gasteiger partial charge in [-0.25, -0.2) is 4.57 Å². The lowest BCUT2D eigenvalue weighted by Crippen LogP contribution is -2.14. The molecule has 78 valence electrons. The first-order valence-electron chi connectivity index (χ1n) is 3.56. The molecule has 0 aliphatic rings. The van der Waals surface area contributed by atoms with Crippen LogP contribution in [0.2, 0.25) is 0 Å². The van der Waals surface area contributed by atoms with Crippen molar-refractivity contribution in [2.45, 2.75) is 12.7 Å². The van der Waals surface area contributed by atoms with Crippen molar-refractivity contribution in [2.24, 2.45) is 0 Å². The van der Waals surface area contributed by atoms with Crippen LogP contribution >= 0.6 is 7.82 Å². The minimum Gasteiger partial charge on any atom is -0.368 e. The summed E-state index contributed by atoms with van der Waals surface area (Å²) in [5.74, 6) is 0. The Balaban J connectivity index is 3.42. The predicted octanol–water partition coefficient (Wildman–Crippen LogP) is 0.00680. The van der Waals surface area contributed by atoms with Crippen molar-refractivity contribution in [3.05, 3.63) is 12.7 Å². The Morgan fingerprint density at radius 3 is 2.62 bits per heavy atom. The molecular formula is C6H13O6P.